The van der Waals surface area contributed by atoms with Crippen LogP contribution in [0.5, 0.6) is 0 Å². The average Bonchev–Trinajstić information content (AvgIpc) is 2.62. The number of carbonyl (C=O) groups is 1. The second-order valence-electron chi connectivity index (χ2n) is 5.59. The lowest BCUT2D eigenvalue weighted by Crippen LogP contribution is -2.10. The zero-order chi connectivity index (χ0) is 17.2. The van der Waals surface area contributed by atoms with Crippen molar-refractivity contribution in [1.29, 1.82) is 0 Å². The molecule has 0 fully saturated rings. The number of nitrogens with zero attached hydrogens (tertiary/aromatic N) is 3. The Kier molecular flexibility index (Phi) is 6.87. The van der Waals surface area contributed by atoms with E-state index in [1.807, 2.05) is 48.5 Å². The van der Waals surface area contributed by atoms with Crippen LogP contribution in [-0.4, -0.2) is 19.1 Å². The van der Waals surface area contributed by atoms with Gasteiger partial charge in [0.2, 0.25) is 0 Å². The van der Waals surface area contributed by atoms with E-state index in [0.29, 0.717) is 5.56 Å². The van der Waals surface area contributed by atoms with Gasteiger partial charge in [-0.15, -0.1) is 0 Å². The smallest absolute Gasteiger partial charge is 0.338 e. The normalized spacial score (nSPS) is 11.4. The lowest BCUT2D eigenvalue weighted by Gasteiger charge is -2.12. The van der Waals surface area contributed by atoms with Crippen molar-refractivity contribution < 1.29 is 9.53 Å². The van der Waals surface area contributed by atoms with Crippen molar-refractivity contribution >= 4 is 5.97 Å². The second-order valence-corrected chi connectivity index (χ2v) is 5.59. The van der Waals surface area contributed by atoms with Crippen molar-refractivity contribution in [2.75, 3.05) is 7.11 Å². The van der Waals surface area contributed by atoms with E-state index in [4.69, 9.17) is 10.3 Å². The van der Waals surface area contributed by atoms with E-state index in [2.05, 4.69) is 10.0 Å². The van der Waals surface area contributed by atoms with Crippen LogP contribution >= 0.6 is 0 Å². The van der Waals surface area contributed by atoms with Crippen LogP contribution in [0.15, 0.2) is 59.7 Å². The molecule has 0 N–H and O–H groups in total. The van der Waals surface area contributed by atoms with Gasteiger partial charge in [-0.25, -0.2) is 4.79 Å². The molecule has 0 saturated heterocycles. The van der Waals surface area contributed by atoms with Gasteiger partial charge < -0.3 is 4.74 Å². The van der Waals surface area contributed by atoms with E-state index < -0.39 is 0 Å². The fourth-order valence-corrected chi connectivity index (χ4v) is 2.74. The first-order chi connectivity index (χ1) is 11.7. The topological polar surface area (TPSA) is 75.1 Å². The van der Waals surface area contributed by atoms with Gasteiger partial charge in [-0.2, -0.15) is 0 Å². The molecule has 0 saturated carbocycles. The van der Waals surface area contributed by atoms with Crippen molar-refractivity contribution in [1.82, 2.24) is 0 Å². The summed E-state index contributed by atoms with van der Waals surface area (Å²) in [4.78, 5) is 14.8. The molecule has 0 spiro atoms. The fraction of sp³-hybridized carbons (Fsp3) is 0.316. The summed E-state index contributed by atoms with van der Waals surface area (Å²) in [7, 11) is 1.39. The van der Waals surface area contributed by atoms with Crippen LogP contribution in [0.25, 0.3) is 10.4 Å². The van der Waals surface area contributed by atoms with Crippen LogP contribution in [0.2, 0.25) is 0 Å². The first kappa shape index (κ1) is 17.6. The van der Waals surface area contributed by atoms with Gasteiger partial charge in [0.15, 0.2) is 0 Å². The van der Waals surface area contributed by atoms with Crippen molar-refractivity contribution in [3.8, 4) is 0 Å². The molecule has 2 rings (SSSR count). The number of methoxy groups -OCH3 is 1. The lowest BCUT2D eigenvalue weighted by molar-refractivity contribution is 0.0599. The predicted molar refractivity (Wildman–Crippen MR) is 93.8 cm³/mol. The minimum atomic E-state index is -0.318. The van der Waals surface area contributed by atoms with E-state index in [9.17, 15) is 4.79 Å². The Hall–Kier alpha value is -2.78. The SMILES string of the molecule is COC(=O)c1ccccc1CCCC(Cc1ccccc1)N=[N+]=[N-]. The Morgan fingerprint density at radius 1 is 1.17 bits per heavy atom. The average molecular weight is 323 g/mol. The van der Waals surface area contributed by atoms with Crippen LogP contribution in [0.4, 0.5) is 0 Å². The maximum atomic E-state index is 11.8. The number of rotatable bonds is 8. The van der Waals surface area contributed by atoms with Crippen molar-refractivity contribution in [2.45, 2.75) is 31.7 Å². The first-order valence-electron chi connectivity index (χ1n) is 7.99. The Labute approximate surface area is 141 Å². The van der Waals surface area contributed by atoms with Crippen LogP contribution < -0.4 is 0 Å². The minimum absolute atomic E-state index is 0.0808. The van der Waals surface area contributed by atoms with Gasteiger partial charge in [-0.1, -0.05) is 53.6 Å². The van der Waals surface area contributed by atoms with Crippen molar-refractivity contribution in [3.63, 3.8) is 0 Å². The maximum absolute atomic E-state index is 11.8. The molecule has 0 amide bonds. The molecule has 0 bridgehead atoms. The van der Waals surface area contributed by atoms with Gasteiger partial charge in [-0.05, 0) is 48.4 Å². The molecule has 124 valence electrons. The molecule has 0 aliphatic rings. The molecule has 0 radical (unpaired) electrons. The highest BCUT2D eigenvalue weighted by molar-refractivity contribution is 5.90. The number of hydrogen-bond donors (Lipinski definition) is 0. The Bertz CT molecular complexity index is 710. The summed E-state index contributed by atoms with van der Waals surface area (Å²) >= 11 is 0. The van der Waals surface area contributed by atoms with E-state index in [1.54, 1.807) is 6.07 Å². The highest BCUT2D eigenvalue weighted by Crippen LogP contribution is 2.17. The third-order valence-electron chi connectivity index (χ3n) is 3.94. The Morgan fingerprint density at radius 3 is 2.58 bits per heavy atom. The molecule has 0 heterocycles. The third-order valence-corrected chi connectivity index (χ3v) is 3.94. The van der Waals surface area contributed by atoms with Crippen LogP contribution in [-0.2, 0) is 17.6 Å². The molecule has 0 aliphatic heterocycles. The number of carbonyl (C=O) groups excluding carboxylic acids is 1. The highest BCUT2D eigenvalue weighted by Gasteiger charge is 2.12. The summed E-state index contributed by atoms with van der Waals surface area (Å²) < 4.78 is 4.82. The molecular formula is C19H21N3O2. The van der Waals surface area contributed by atoms with Gasteiger partial charge in [0, 0.05) is 11.0 Å². The quantitative estimate of drug-likeness (QED) is 0.305. The molecule has 5 heteroatoms. The van der Waals surface area contributed by atoms with Crippen LogP contribution in [0, 0.1) is 0 Å². The lowest BCUT2D eigenvalue weighted by atomic mass is 9.97. The molecule has 0 aliphatic carbocycles. The van der Waals surface area contributed by atoms with E-state index in [-0.39, 0.29) is 12.0 Å². The summed E-state index contributed by atoms with van der Waals surface area (Å²) in [5.74, 6) is -0.318. The van der Waals surface area contributed by atoms with Gasteiger partial charge in [0.25, 0.3) is 0 Å². The first-order valence-corrected chi connectivity index (χ1v) is 7.99. The van der Waals surface area contributed by atoms with Crippen LogP contribution in [0.1, 0.15) is 34.3 Å². The Balaban J connectivity index is 1.96. The molecule has 24 heavy (non-hydrogen) atoms. The van der Waals surface area contributed by atoms with Crippen molar-refractivity contribution in [2.24, 2.45) is 5.11 Å². The number of benzene rings is 2. The zero-order valence-electron chi connectivity index (χ0n) is 13.8. The molecule has 5 nitrogen and oxygen atoms in total. The number of azide groups is 1. The minimum Gasteiger partial charge on any atom is -0.465 e. The highest BCUT2D eigenvalue weighted by atomic mass is 16.5. The molecular weight excluding hydrogens is 302 g/mol. The van der Waals surface area contributed by atoms with E-state index in [1.165, 1.54) is 7.11 Å². The molecule has 0 aromatic heterocycles. The monoisotopic (exact) mass is 323 g/mol. The summed E-state index contributed by atoms with van der Waals surface area (Å²) in [5.41, 5.74) is 11.5. The largest absolute Gasteiger partial charge is 0.465 e. The molecule has 2 aromatic rings. The van der Waals surface area contributed by atoms with E-state index in [0.717, 1.165) is 36.8 Å². The Morgan fingerprint density at radius 2 is 1.88 bits per heavy atom. The zero-order valence-corrected chi connectivity index (χ0v) is 13.8. The number of ether oxygens (including phenoxy) is 1. The summed E-state index contributed by atoms with van der Waals surface area (Å²) in [6.45, 7) is 0. The second kappa shape index (κ2) is 9.38. The molecule has 1 atom stereocenters. The number of esters is 1. The summed E-state index contributed by atoms with van der Waals surface area (Å²) in [6.07, 6.45) is 3.08. The number of aryl methyl sites for hydroxylation is 1. The molecule has 1 unspecified atom stereocenters. The molecule has 2 aromatic carbocycles. The van der Waals surface area contributed by atoms with Gasteiger partial charge >= 0.3 is 5.97 Å². The van der Waals surface area contributed by atoms with Gasteiger partial charge in [0.05, 0.1) is 12.7 Å². The third kappa shape index (κ3) is 5.14. The van der Waals surface area contributed by atoms with Gasteiger partial charge in [-0.3, -0.25) is 0 Å². The fourth-order valence-electron chi connectivity index (χ4n) is 2.74. The summed E-state index contributed by atoms with van der Waals surface area (Å²) in [6, 6.07) is 17.4. The van der Waals surface area contributed by atoms with Gasteiger partial charge in [0.1, 0.15) is 0 Å². The summed E-state index contributed by atoms with van der Waals surface area (Å²) in [5, 5.41) is 3.91. The van der Waals surface area contributed by atoms with E-state index >= 15 is 0 Å². The number of hydrogen-bond acceptors (Lipinski definition) is 3. The standard InChI is InChI=1S/C19H21N3O2/c1-24-19(23)18-13-6-5-10-16(18)11-7-12-17(21-22-20)14-15-8-3-2-4-9-15/h2-6,8-10,13,17H,7,11-12,14H2,1H3. The maximum Gasteiger partial charge on any atom is 0.338 e. The van der Waals surface area contributed by atoms with Crippen molar-refractivity contribution in [3.05, 3.63) is 81.7 Å². The van der Waals surface area contributed by atoms with Crippen LogP contribution in [0.3, 0.4) is 0 Å². The predicted octanol–water partition coefficient (Wildman–Crippen LogP) is 4.72.